The molecule has 0 aliphatic carbocycles. The molecule has 140 valence electrons. The van der Waals surface area contributed by atoms with Crippen LogP contribution in [0.5, 0.6) is 0 Å². The predicted molar refractivity (Wildman–Crippen MR) is 88.2 cm³/mol. The molecule has 0 radical (unpaired) electrons. The predicted octanol–water partition coefficient (Wildman–Crippen LogP) is 1.24. The van der Waals surface area contributed by atoms with E-state index in [2.05, 4.69) is 10.6 Å². The molecule has 2 atom stereocenters. The highest BCUT2D eigenvalue weighted by Crippen LogP contribution is 2.25. The average molecular weight is 369 g/mol. The van der Waals surface area contributed by atoms with Gasteiger partial charge in [0.15, 0.2) is 0 Å². The van der Waals surface area contributed by atoms with Crippen LogP contribution in [0.15, 0.2) is 0 Å². The van der Waals surface area contributed by atoms with Gasteiger partial charge in [0.1, 0.15) is 6.04 Å². The van der Waals surface area contributed by atoms with Gasteiger partial charge >= 0.3 is 6.18 Å². The molecule has 0 bridgehead atoms. The molecule has 2 saturated heterocycles. The maximum absolute atomic E-state index is 13.2. The summed E-state index contributed by atoms with van der Waals surface area (Å²) >= 11 is 1.42. The largest absolute Gasteiger partial charge is 0.405 e. The van der Waals surface area contributed by atoms with Crippen LogP contribution in [0.4, 0.5) is 13.2 Å². The third-order valence-corrected chi connectivity index (χ3v) is 5.35. The van der Waals surface area contributed by atoms with E-state index in [0.29, 0.717) is 31.9 Å². The highest BCUT2D eigenvalue weighted by Gasteiger charge is 2.43. The highest BCUT2D eigenvalue weighted by atomic mass is 32.2. The molecule has 0 aromatic carbocycles. The minimum atomic E-state index is -4.34. The Morgan fingerprint density at radius 2 is 2.08 bits per heavy atom. The van der Waals surface area contributed by atoms with E-state index in [1.807, 2.05) is 0 Å². The van der Waals surface area contributed by atoms with Gasteiger partial charge in [0, 0.05) is 45.1 Å². The molecule has 0 aromatic rings. The van der Waals surface area contributed by atoms with Crippen molar-refractivity contribution in [3.8, 4) is 0 Å². The van der Waals surface area contributed by atoms with Crippen LogP contribution in [0.3, 0.4) is 0 Å². The van der Waals surface area contributed by atoms with Crippen LogP contribution >= 0.6 is 11.8 Å². The van der Waals surface area contributed by atoms with Gasteiger partial charge in [-0.2, -0.15) is 13.2 Å². The van der Waals surface area contributed by atoms with Gasteiger partial charge < -0.3 is 15.4 Å². The van der Waals surface area contributed by atoms with Gasteiger partial charge in [0.25, 0.3) is 0 Å². The molecule has 9 heteroatoms. The number of nitrogens with one attached hydrogen (secondary N) is 2. The Labute approximate surface area is 145 Å². The second-order valence-corrected chi connectivity index (χ2v) is 7.18. The van der Waals surface area contributed by atoms with Crippen molar-refractivity contribution in [2.75, 3.05) is 50.8 Å². The molecule has 2 rings (SSSR count). The molecule has 2 unspecified atom stereocenters. The SMILES string of the molecule is O=C(CSCC1CCCCO1)NCC(N1CCNCC1)C(F)(F)F. The zero-order valence-electron chi connectivity index (χ0n) is 13.7. The number of hydrogen-bond acceptors (Lipinski definition) is 5. The number of ether oxygens (including phenoxy) is 1. The van der Waals surface area contributed by atoms with Crippen LogP contribution in [0.2, 0.25) is 0 Å². The summed E-state index contributed by atoms with van der Waals surface area (Å²) in [7, 11) is 0. The summed E-state index contributed by atoms with van der Waals surface area (Å²) in [5.74, 6) is 0.542. The van der Waals surface area contributed by atoms with Crippen LogP contribution < -0.4 is 10.6 Å². The fourth-order valence-electron chi connectivity index (χ4n) is 2.93. The van der Waals surface area contributed by atoms with E-state index in [1.165, 1.54) is 16.7 Å². The number of piperazine rings is 1. The molecular formula is C15H26F3N3O2S. The van der Waals surface area contributed by atoms with E-state index in [9.17, 15) is 18.0 Å². The zero-order valence-corrected chi connectivity index (χ0v) is 14.6. The summed E-state index contributed by atoms with van der Waals surface area (Å²) in [5, 5.41) is 5.48. The summed E-state index contributed by atoms with van der Waals surface area (Å²) < 4.78 is 45.2. The number of carbonyl (C=O) groups excluding carboxylic acids is 1. The molecule has 2 aliphatic rings. The molecule has 5 nitrogen and oxygen atoms in total. The minimum absolute atomic E-state index is 0.167. The number of thioether (sulfide) groups is 1. The molecule has 0 spiro atoms. The first kappa shape index (κ1) is 19.8. The van der Waals surface area contributed by atoms with E-state index in [4.69, 9.17) is 4.74 Å². The van der Waals surface area contributed by atoms with E-state index in [1.54, 1.807) is 0 Å². The standard InChI is InChI=1S/C15H26F3N3O2S/c16-15(17,18)13(21-6-4-19-5-7-21)9-20-14(22)11-24-10-12-3-1-2-8-23-12/h12-13,19H,1-11H2,(H,20,22). The normalized spacial score (nSPS) is 24.5. The van der Waals surface area contributed by atoms with Gasteiger partial charge in [-0.1, -0.05) is 0 Å². The van der Waals surface area contributed by atoms with Gasteiger partial charge in [-0.25, -0.2) is 0 Å². The number of hydrogen-bond donors (Lipinski definition) is 2. The number of amides is 1. The number of carbonyl (C=O) groups is 1. The van der Waals surface area contributed by atoms with E-state index in [0.717, 1.165) is 25.9 Å². The molecule has 2 fully saturated rings. The quantitative estimate of drug-likeness (QED) is 0.707. The van der Waals surface area contributed by atoms with Crippen LogP contribution in [-0.2, 0) is 9.53 Å². The third kappa shape index (κ3) is 6.78. The Kier molecular flexibility index (Phi) is 8.12. The monoisotopic (exact) mass is 369 g/mol. The minimum Gasteiger partial charge on any atom is -0.377 e. The molecule has 2 heterocycles. The van der Waals surface area contributed by atoms with Gasteiger partial charge in [-0.3, -0.25) is 9.69 Å². The smallest absolute Gasteiger partial charge is 0.377 e. The van der Waals surface area contributed by atoms with Gasteiger partial charge in [0.2, 0.25) is 5.91 Å². The average Bonchev–Trinajstić information content (AvgIpc) is 2.56. The van der Waals surface area contributed by atoms with Crippen LogP contribution in [0, 0.1) is 0 Å². The fraction of sp³-hybridized carbons (Fsp3) is 0.933. The Morgan fingerprint density at radius 1 is 1.33 bits per heavy atom. The lowest BCUT2D eigenvalue weighted by molar-refractivity contribution is -0.183. The van der Waals surface area contributed by atoms with Gasteiger partial charge in [0.05, 0.1) is 11.9 Å². The summed E-state index contributed by atoms with van der Waals surface area (Å²) in [6.07, 6.45) is -0.969. The maximum atomic E-state index is 13.2. The lowest BCUT2D eigenvalue weighted by Crippen LogP contribution is -2.57. The maximum Gasteiger partial charge on any atom is 0.405 e. The molecule has 1 amide bonds. The van der Waals surface area contributed by atoms with Gasteiger partial charge in [-0.05, 0) is 19.3 Å². The molecular weight excluding hydrogens is 343 g/mol. The summed E-state index contributed by atoms with van der Waals surface area (Å²) in [6.45, 7) is 2.13. The number of rotatable bonds is 7. The first-order chi connectivity index (χ1) is 11.5. The van der Waals surface area contributed by atoms with Crippen LogP contribution in [0.25, 0.3) is 0 Å². The fourth-order valence-corrected chi connectivity index (χ4v) is 3.86. The Bertz CT molecular complexity index is 387. The van der Waals surface area contributed by atoms with Gasteiger partial charge in [-0.15, -0.1) is 11.8 Å². The third-order valence-electron chi connectivity index (χ3n) is 4.27. The Morgan fingerprint density at radius 3 is 2.71 bits per heavy atom. The number of halogens is 3. The lowest BCUT2D eigenvalue weighted by atomic mass is 10.1. The van der Waals surface area contributed by atoms with Crippen LogP contribution in [-0.4, -0.2) is 80.0 Å². The van der Waals surface area contributed by atoms with Crippen molar-refractivity contribution in [2.24, 2.45) is 0 Å². The number of nitrogens with zero attached hydrogens (tertiary/aromatic N) is 1. The Balaban J connectivity index is 1.69. The first-order valence-corrected chi connectivity index (χ1v) is 9.60. The second kappa shape index (κ2) is 9.84. The van der Waals surface area contributed by atoms with Crippen molar-refractivity contribution in [2.45, 2.75) is 37.6 Å². The topological polar surface area (TPSA) is 53.6 Å². The number of alkyl halides is 3. The van der Waals surface area contributed by atoms with E-state index >= 15 is 0 Å². The van der Waals surface area contributed by atoms with Crippen LogP contribution in [0.1, 0.15) is 19.3 Å². The first-order valence-electron chi connectivity index (χ1n) is 8.44. The molecule has 2 N–H and O–H groups in total. The highest BCUT2D eigenvalue weighted by molar-refractivity contribution is 7.99. The molecule has 2 aliphatic heterocycles. The summed E-state index contributed by atoms with van der Waals surface area (Å²) in [6, 6.07) is -1.62. The summed E-state index contributed by atoms with van der Waals surface area (Å²) in [5.41, 5.74) is 0. The second-order valence-electron chi connectivity index (χ2n) is 6.15. The van der Waals surface area contributed by atoms with E-state index < -0.39 is 12.2 Å². The van der Waals surface area contributed by atoms with Crippen molar-refractivity contribution in [3.63, 3.8) is 0 Å². The van der Waals surface area contributed by atoms with Crippen molar-refractivity contribution < 1.29 is 22.7 Å². The van der Waals surface area contributed by atoms with Crippen molar-refractivity contribution in [1.82, 2.24) is 15.5 Å². The van der Waals surface area contributed by atoms with Crippen molar-refractivity contribution >= 4 is 17.7 Å². The van der Waals surface area contributed by atoms with E-state index in [-0.39, 0.29) is 24.3 Å². The molecule has 0 saturated carbocycles. The van der Waals surface area contributed by atoms with Crippen molar-refractivity contribution in [3.05, 3.63) is 0 Å². The molecule has 24 heavy (non-hydrogen) atoms. The summed E-state index contributed by atoms with van der Waals surface area (Å²) in [4.78, 5) is 13.2. The van der Waals surface area contributed by atoms with Crippen molar-refractivity contribution in [1.29, 1.82) is 0 Å². The zero-order chi connectivity index (χ0) is 17.4. The Hall–Kier alpha value is -0.510. The lowest BCUT2D eigenvalue weighted by Gasteiger charge is -2.35. The molecule has 0 aromatic heterocycles.